The van der Waals surface area contributed by atoms with E-state index in [1.54, 1.807) is 14.0 Å². The Hall–Kier alpha value is -1.92. The van der Waals surface area contributed by atoms with Crippen molar-refractivity contribution in [3.05, 3.63) is 6.33 Å². The van der Waals surface area contributed by atoms with Crippen molar-refractivity contribution in [3.63, 3.8) is 0 Å². The molecule has 0 aliphatic rings. The van der Waals surface area contributed by atoms with Gasteiger partial charge in [-0.15, -0.1) is 0 Å². The highest BCUT2D eigenvalue weighted by atomic mass is 16.4. The summed E-state index contributed by atoms with van der Waals surface area (Å²) in [6.07, 6.45) is 1.31. The zero-order valence-electron chi connectivity index (χ0n) is 9.34. The molecule has 2 atom stereocenters. The van der Waals surface area contributed by atoms with Crippen LogP contribution >= 0.6 is 0 Å². The van der Waals surface area contributed by atoms with E-state index >= 15 is 0 Å². The first-order chi connectivity index (χ1) is 7.43. The predicted molar refractivity (Wildman–Crippen MR) is 55.6 cm³/mol. The Morgan fingerprint density at radius 3 is 2.50 bits per heavy atom. The molecule has 1 aromatic rings. The Bertz CT molecular complexity index is 401. The predicted octanol–water partition coefficient (Wildman–Crippen LogP) is 0.110. The van der Waals surface area contributed by atoms with E-state index in [1.165, 1.54) is 17.9 Å². The summed E-state index contributed by atoms with van der Waals surface area (Å²) in [7, 11) is 1.63. The number of amides is 1. The number of nitrogens with one attached hydrogen (secondary N) is 1. The summed E-state index contributed by atoms with van der Waals surface area (Å²) >= 11 is 0. The molecule has 7 nitrogen and oxygen atoms in total. The molecule has 1 heterocycles. The molecule has 1 aromatic heterocycles. The van der Waals surface area contributed by atoms with E-state index < -0.39 is 17.8 Å². The average molecular weight is 226 g/mol. The third-order valence-corrected chi connectivity index (χ3v) is 2.50. The van der Waals surface area contributed by atoms with E-state index in [9.17, 15) is 9.59 Å². The number of aryl methyl sites for hydroxylation is 1. The molecule has 16 heavy (non-hydrogen) atoms. The van der Waals surface area contributed by atoms with Gasteiger partial charge < -0.3 is 5.11 Å². The molecular formula is C9H14N4O3. The van der Waals surface area contributed by atoms with Crippen LogP contribution in [-0.2, 0) is 16.6 Å². The molecule has 2 unspecified atom stereocenters. The van der Waals surface area contributed by atoms with Crippen molar-refractivity contribution in [2.45, 2.75) is 13.8 Å². The van der Waals surface area contributed by atoms with Crippen molar-refractivity contribution in [2.24, 2.45) is 18.9 Å². The number of rotatable bonds is 4. The van der Waals surface area contributed by atoms with Crippen LogP contribution in [0.25, 0.3) is 0 Å². The first-order valence-corrected chi connectivity index (χ1v) is 4.81. The number of carbonyl (C=O) groups is 2. The first kappa shape index (κ1) is 12.2. The molecule has 0 aliphatic carbocycles. The van der Waals surface area contributed by atoms with Crippen LogP contribution < -0.4 is 5.32 Å². The van der Waals surface area contributed by atoms with Gasteiger partial charge in [0.25, 0.3) is 0 Å². The number of carbonyl (C=O) groups excluding carboxylic acids is 1. The van der Waals surface area contributed by atoms with Gasteiger partial charge in [0.2, 0.25) is 11.9 Å². The van der Waals surface area contributed by atoms with Crippen molar-refractivity contribution in [1.82, 2.24) is 14.8 Å². The average Bonchev–Trinajstić information content (AvgIpc) is 2.62. The quantitative estimate of drug-likeness (QED) is 0.759. The number of anilines is 1. The summed E-state index contributed by atoms with van der Waals surface area (Å²) in [6, 6.07) is 0. The van der Waals surface area contributed by atoms with E-state index in [-0.39, 0.29) is 5.91 Å². The lowest BCUT2D eigenvalue weighted by atomic mass is 9.95. The van der Waals surface area contributed by atoms with Gasteiger partial charge in [-0.1, -0.05) is 13.8 Å². The summed E-state index contributed by atoms with van der Waals surface area (Å²) in [4.78, 5) is 26.2. The van der Waals surface area contributed by atoms with Gasteiger partial charge in [0, 0.05) is 13.0 Å². The van der Waals surface area contributed by atoms with Gasteiger partial charge in [-0.05, 0) is 0 Å². The SMILES string of the molecule is CC(C(=O)O)C(C)C(=O)Nc1ncnn1C. The zero-order valence-corrected chi connectivity index (χ0v) is 9.34. The summed E-state index contributed by atoms with van der Waals surface area (Å²) in [5, 5.41) is 15.1. The smallest absolute Gasteiger partial charge is 0.307 e. The summed E-state index contributed by atoms with van der Waals surface area (Å²) in [5.41, 5.74) is 0. The number of nitrogens with zero attached hydrogens (tertiary/aromatic N) is 3. The lowest BCUT2D eigenvalue weighted by Crippen LogP contribution is -2.30. The molecule has 1 rings (SSSR count). The first-order valence-electron chi connectivity index (χ1n) is 4.81. The van der Waals surface area contributed by atoms with Gasteiger partial charge in [-0.3, -0.25) is 14.9 Å². The van der Waals surface area contributed by atoms with Gasteiger partial charge in [-0.2, -0.15) is 10.1 Å². The molecule has 2 N–H and O–H groups in total. The fourth-order valence-corrected chi connectivity index (χ4v) is 1.07. The molecule has 0 aliphatic heterocycles. The molecule has 0 aromatic carbocycles. The molecule has 0 radical (unpaired) electrons. The van der Waals surface area contributed by atoms with Crippen LogP contribution in [0.3, 0.4) is 0 Å². The third kappa shape index (κ3) is 2.56. The van der Waals surface area contributed by atoms with Crippen LogP contribution in [0.1, 0.15) is 13.8 Å². The van der Waals surface area contributed by atoms with Gasteiger partial charge in [-0.25, -0.2) is 4.68 Å². The minimum absolute atomic E-state index is 0.300. The van der Waals surface area contributed by atoms with E-state index in [1.807, 2.05) is 0 Å². The Kier molecular flexibility index (Phi) is 3.60. The molecule has 7 heteroatoms. The number of aromatic nitrogens is 3. The van der Waals surface area contributed by atoms with Crippen molar-refractivity contribution < 1.29 is 14.7 Å². The summed E-state index contributed by atoms with van der Waals surface area (Å²) < 4.78 is 1.40. The molecular weight excluding hydrogens is 212 g/mol. The van der Waals surface area contributed by atoms with Crippen LogP contribution in [0.5, 0.6) is 0 Å². The maximum Gasteiger partial charge on any atom is 0.307 e. The summed E-state index contributed by atoms with van der Waals surface area (Å²) in [5.74, 6) is -2.46. The van der Waals surface area contributed by atoms with Gasteiger partial charge in [0.05, 0.1) is 5.92 Å². The zero-order chi connectivity index (χ0) is 12.3. The van der Waals surface area contributed by atoms with Crippen molar-refractivity contribution in [3.8, 4) is 0 Å². The van der Waals surface area contributed by atoms with Crippen LogP contribution in [0.15, 0.2) is 6.33 Å². The fraction of sp³-hybridized carbons (Fsp3) is 0.556. The van der Waals surface area contributed by atoms with Gasteiger partial charge >= 0.3 is 5.97 Å². The Labute approximate surface area is 92.5 Å². The molecule has 88 valence electrons. The van der Waals surface area contributed by atoms with E-state index in [4.69, 9.17) is 5.11 Å². The number of carboxylic acid groups (broad SMARTS) is 1. The lowest BCUT2D eigenvalue weighted by molar-refractivity contribution is -0.145. The van der Waals surface area contributed by atoms with Crippen LogP contribution in [0, 0.1) is 11.8 Å². The van der Waals surface area contributed by atoms with E-state index in [0.29, 0.717) is 5.95 Å². The van der Waals surface area contributed by atoms with Crippen LogP contribution in [0.4, 0.5) is 5.95 Å². The second kappa shape index (κ2) is 4.73. The third-order valence-electron chi connectivity index (χ3n) is 2.50. The second-order valence-electron chi connectivity index (χ2n) is 3.61. The standard InChI is InChI=1S/C9H14N4O3/c1-5(6(2)8(15)16)7(14)12-9-10-4-11-13(9)3/h4-6H,1-3H3,(H,15,16)(H,10,11,12,14). The van der Waals surface area contributed by atoms with Crippen molar-refractivity contribution in [1.29, 1.82) is 0 Å². The molecule has 0 spiro atoms. The van der Waals surface area contributed by atoms with Gasteiger partial charge in [0.15, 0.2) is 0 Å². The Morgan fingerprint density at radius 1 is 1.44 bits per heavy atom. The van der Waals surface area contributed by atoms with Crippen molar-refractivity contribution >= 4 is 17.8 Å². The highest BCUT2D eigenvalue weighted by Crippen LogP contribution is 2.13. The molecule has 0 fully saturated rings. The number of carboxylic acids is 1. The second-order valence-corrected chi connectivity index (χ2v) is 3.61. The Balaban J connectivity index is 2.66. The lowest BCUT2D eigenvalue weighted by Gasteiger charge is -2.14. The largest absolute Gasteiger partial charge is 0.481 e. The molecule has 0 saturated carbocycles. The number of hydrogen-bond acceptors (Lipinski definition) is 4. The van der Waals surface area contributed by atoms with E-state index in [2.05, 4.69) is 15.4 Å². The minimum Gasteiger partial charge on any atom is -0.481 e. The fourth-order valence-electron chi connectivity index (χ4n) is 1.07. The maximum absolute atomic E-state index is 11.7. The normalized spacial score (nSPS) is 14.2. The summed E-state index contributed by atoms with van der Waals surface area (Å²) in [6.45, 7) is 3.05. The Morgan fingerprint density at radius 2 is 2.06 bits per heavy atom. The van der Waals surface area contributed by atoms with Crippen LogP contribution in [0.2, 0.25) is 0 Å². The van der Waals surface area contributed by atoms with Crippen LogP contribution in [-0.4, -0.2) is 31.7 Å². The maximum atomic E-state index is 11.7. The minimum atomic E-state index is -0.999. The topological polar surface area (TPSA) is 97.1 Å². The molecule has 1 amide bonds. The highest BCUT2D eigenvalue weighted by molar-refractivity contribution is 5.93. The highest BCUT2D eigenvalue weighted by Gasteiger charge is 2.26. The number of aliphatic carboxylic acids is 1. The van der Waals surface area contributed by atoms with Crippen molar-refractivity contribution in [2.75, 3.05) is 5.32 Å². The molecule has 0 bridgehead atoms. The van der Waals surface area contributed by atoms with E-state index in [0.717, 1.165) is 0 Å². The number of hydrogen-bond donors (Lipinski definition) is 2. The monoisotopic (exact) mass is 226 g/mol. The van der Waals surface area contributed by atoms with Gasteiger partial charge in [0.1, 0.15) is 6.33 Å². The molecule has 0 saturated heterocycles.